The van der Waals surface area contributed by atoms with Crippen LogP contribution in [0, 0.1) is 0 Å². The van der Waals surface area contributed by atoms with Gasteiger partial charge < -0.3 is 5.32 Å². The van der Waals surface area contributed by atoms with Crippen LogP contribution in [0.2, 0.25) is 0 Å². The van der Waals surface area contributed by atoms with Gasteiger partial charge >= 0.3 is 0 Å². The normalized spacial score (nSPS) is 25.1. The van der Waals surface area contributed by atoms with Crippen molar-refractivity contribution in [3.05, 3.63) is 0 Å². The van der Waals surface area contributed by atoms with Gasteiger partial charge in [0, 0.05) is 18.6 Å². The minimum Gasteiger partial charge on any atom is -0.313 e. The third-order valence-electron chi connectivity index (χ3n) is 3.68. The molecule has 1 N–H and O–H groups in total. The summed E-state index contributed by atoms with van der Waals surface area (Å²) in [4.78, 5) is 0. The monoisotopic (exact) mass is 276 g/mol. The lowest BCUT2D eigenvalue weighted by molar-refractivity contribution is 0.206. The molecule has 0 amide bonds. The van der Waals surface area contributed by atoms with Crippen LogP contribution in [0.3, 0.4) is 0 Å². The quantitative estimate of drug-likeness (QED) is 0.854. The van der Waals surface area contributed by atoms with Gasteiger partial charge in [-0.05, 0) is 47.1 Å². The fourth-order valence-electron chi connectivity index (χ4n) is 2.54. The number of likely N-dealkylation sites (N-methyl/N-ethyl adjacent to an activating group) is 1. The van der Waals surface area contributed by atoms with E-state index in [9.17, 15) is 8.42 Å². The Morgan fingerprint density at radius 1 is 1.33 bits per heavy atom. The molecule has 1 saturated heterocycles. The van der Waals surface area contributed by atoms with Crippen LogP contribution in [0.4, 0.5) is 0 Å². The third-order valence-corrected chi connectivity index (χ3v) is 6.30. The third kappa shape index (κ3) is 3.25. The van der Waals surface area contributed by atoms with Gasteiger partial charge in [0.15, 0.2) is 0 Å². The van der Waals surface area contributed by atoms with Gasteiger partial charge in [-0.15, -0.1) is 0 Å². The number of sulfonamides is 1. The van der Waals surface area contributed by atoms with E-state index in [2.05, 4.69) is 19.2 Å². The first-order valence-electron chi connectivity index (χ1n) is 6.96. The molecule has 2 unspecified atom stereocenters. The molecule has 0 aromatic carbocycles. The van der Waals surface area contributed by atoms with E-state index in [1.807, 2.05) is 0 Å². The first-order chi connectivity index (χ1) is 8.21. The van der Waals surface area contributed by atoms with Gasteiger partial charge in [-0.25, -0.2) is 8.42 Å². The second-order valence-corrected chi connectivity index (χ2v) is 8.78. The van der Waals surface area contributed by atoms with Crippen LogP contribution in [-0.2, 0) is 10.0 Å². The van der Waals surface area contributed by atoms with Crippen molar-refractivity contribution in [2.45, 2.75) is 70.7 Å². The van der Waals surface area contributed by atoms with Crippen molar-refractivity contribution in [2.24, 2.45) is 0 Å². The standard InChI is InChI=1S/C13H28N2O2S/c1-6-14-11(2)12-9-7-8-10-15(12)18(16,17)13(3,4)5/h11-12,14H,6-10H2,1-5H3. The molecule has 0 saturated carbocycles. The SMILES string of the molecule is CCNC(C)C1CCCCN1S(=O)(=O)C(C)(C)C. The van der Waals surface area contributed by atoms with Gasteiger partial charge in [0.05, 0.1) is 4.75 Å². The van der Waals surface area contributed by atoms with E-state index >= 15 is 0 Å². The molecule has 0 aliphatic carbocycles. The summed E-state index contributed by atoms with van der Waals surface area (Å²) in [6, 6.07) is 0.315. The molecule has 1 aliphatic rings. The maximum atomic E-state index is 12.6. The van der Waals surface area contributed by atoms with E-state index in [0.717, 1.165) is 25.8 Å². The summed E-state index contributed by atoms with van der Waals surface area (Å²) in [6.45, 7) is 11.0. The average Bonchev–Trinajstić information content (AvgIpc) is 2.28. The predicted octanol–water partition coefficient (Wildman–Crippen LogP) is 1.97. The van der Waals surface area contributed by atoms with Crippen molar-refractivity contribution >= 4 is 10.0 Å². The van der Waals surface area contributed by atoms with Crippen molar-refractivity contribution < 1.29 is 8.42 Å². The Morgan fingerprint density at radius 3 is 2.44 bits per heavy atom. The van der Waals surface area contributed by atoms with Crippen LogP contribution in [0.25, 0.3) is 0 Å². The van der Waals surface area contributed by atoms with E-state index in [1.54, 1.807) is 25.1 Å². The van der Waals surface area contributed by atoms with Crippen molar-refractivity contribution in [3.8, 4) is 0 Å². The lowest BCUT2D eigenvalue weighted by Crippen LogP contribution is -2.56. The number of hydrogen-bond acceptors (Lipinski definition) is 3. The fraction of sp³-hybridized carbons (Fsp3) is 1.00. The molecule has 0 radical (unpaired) electrons. The molecule has 1 fully saturated rings. The maximum Gasteiger partial charge on any atom is 0.219 e. The highest BCUT2D eigenvalue weighted by Gasteiger charge is 2.41. The zero-order valence-corrected chi connectivity index (χ0v) is 13.2. The summed E-state index contributed by atoms with van der Waals surface area (Å²) < 4.78 is 26.3. The summed E-state index contributed by atoms with van der Waals surface area (Å²) in [5, 5.41) is 3.36. The maximum absolute atomic E-state index is 12.6. The number of nitrogens with zero attached hydrogens (tertiary/aromatic N) is 1. The molecule has 18 heavy (non-hydrogen) atoms. The Hall–Kier alpha value is -0.130. The minimum atomic E-state index is -3.22. The first-order valence-corrected chi connectivity index (χ1v) is 8.40. The average molecular weight is 276 g/mol. The van der Waals surface area contributed by atoms with Crippen molar-refractivity contribution in [2.75, 3.05) is 13.1 Å². The number of piperidine rings is 1. The Kier molecular flexibility index (Phi) is 5.21. The van der Waals surface area contributed by atoms with Crippen LogP contribution >= 0.6 is 0 Å². The number of nitrogens with one attached hydrogen (secondary N) is 1. The molecule has 2 atom stereocenters. The summed E-state index contributed by atoms with van der Waals surface area (Å²) >= 11 is 0. The van der Waals surface area contributed by atoms with Gasteiger partial charge in [0.2, 0.25) is 10.0 Å². The van der Waals surface area contributed by atoms with Crippen molar-refractivity contribution in [3.63, 3.8) is 0 Å². The minimum absolute atomic E-state index is 0.0999. The van der Waals surface area contributed by atoms with Crippen LogP contribution in [0.5, 0.6) is 0 Å². The molecule has 1 heterocycles. The number of hydrogen-bond donors (Lipinski definition) is 1. The predicted molar refractivity (Wildman–Crippen MR) is 76.2 cm³/mol. The van der Waals surface area contributed by atoms with Crippen LogP contribution < -0.4 is 5.32 Å². The Morgan fingerprint density at radius 2 is 1.94 bits per heavy atom. The molecule has 0 bridgehead atoms. The highest BCUT2D eigenvalue weighted by Crippen LogP contribution is 2.29. The van der Waals surface area contributed by atoms with E-state index in [0.29, 0.717) is 6.54 Å². The van der Waals surface area contributed by atoms with Crippen LogP contribution in [0.15, 0.2) is 0 Å². The molecule has 0 aromatic rings. The van der Waals surface area contributed by atoms with Gasteiger partial charge in [-0.2, -0.15) is 4.31 Å². The summed E-state index contributed by atoms with van der Waals surface area (Å²) in [5.41, 5.74) is 0. The topological polar surface area (TPSA) is 49.4 Å². The first kappa shape index (κ1) is 15.9. The lowest BCUT2D eigenvalue weighted by atomic mass is 9.99. The lowest BCUT2D eigenvalue weighted by Gasteiger charge is -2.41. The summed E-state index contributed by atoms with van der Waals surface area (Å²) in [5.74, 6) is 0. The van der Waals surface area contributed by atoms with Crippen molar-refractivity contribution in [1.29, 1.82) is 0 Å². The van der Waals surface area contributed by atoms with Gasteiger partial charge in [0.25, 0.3) is 0 Å². The Bertz CT molecular complexity index is 360. The molecular formula is C13H28N2O2S. The van der Waals surface area contributed by atoms with Gasteiger partial charge in [-0.1, -0.05) is 13.3 Å². The molecule has 4 nitrogen and oxygen atoms in total. The van der Waals surface area contributed by atoms with Crippen molar-refractivity contribution in [1.82, 2.24) is 9.62 Å². The summed E-state index contributed by atoms with van der Waals surface area (Å²) in [7, 11) is -3.22. The fourth-order valence-corrected chi connectivity index (χ4v) is 4.26. The highest BCUT2D eigenvalue weighted by atomic mass is 32.2. The molecule has 108 valence electrons. The second-order valence-electron chi connectivity index (χ2n) is 6.14. The number of rotatable bonds is 4. The smallest absolute Gasteiger partial charge is 0.219 e. The Balaban J connectivity index is 2.96. The molecular weight excluding hydrogens is 248 g/mol. The zero-order chi connectivity index (χ0) is 14.0. The van der Waals surface area contributed by atoms with E-state index < -0.39 is 14.8 Å². The second kappa shape index (κ2) is 5.88. The van der Waals surface area contributed by atoms with Crippen LogP contribution in [0.1, 0.15) is 53.9 Å². The van der Waals surface area contributed by atoms with E-state index in [1.165, 1.54) is 0 Å². The largest absolute Gasteiger partial charge is 0.313 e. The highest BCUT2D eigenvalue weighted by molar-refractivity contribution is 7.90. The molecule has 0 aromatic heterocycles. The Labute approximate surface area is 112 Å². The van der Waals surface area contributed by atoms with Crippen LogP contribution in [-0.4, -0.2) is 42.6 Å². The van der Waals surface area contributed by atoms with Gasteiger partial charge in [0.1, 0.15) is 0 Å². The molecule has 5 heteroatoms. The van der Waals surface area contributed by atoms with Gasteiger partial charge in [-0.3, -0.25) is 0 Å². The zero-order valence-electron chi connectivity index (χ0n) is 12.4. The molecule has 0 spiro atoms. The summed E-state index contributed by atoms with van der Waals surface area (Å²) in [6.07, 6.45) is 3.06. The molecule has 1 rings (SSSR count). The molecule has 1 aliphatic heterocycles. The van der Waals surface area contributed by atoms with E-state index in [-0.39, 0.29) is 12.1 Å². The van der Waals surface area contributed by atoms with E-state index in [4.69, 9.17) is 0 Å².